The molecule has 0 spiro atoms. The Kier molecular flexibility index (Phi) is 2.21. The molecule has 0 amide bonds. The van der Waals surface area contributed by atoms with E-state index in [1.165, 1.54) is 10.8 Å². The Labute approximate surface area is 85.0 Å². The van der Waals surface area contributed by atoms with Crippen molar-refractivity contribution in [3.63, 3.8) is 0 Å². The molecule has 0 unspecified atom stereocenters. The van der Waals surface area contributed by atoms with Crippen molar-refractivity contribution in [2.24, 2.45) is 0 Å². The van der Waals surface area contributed by atoms with Gasteiger partial charge in [-0.1, -0.05) is 0 Å². The van der Waals surface area contributed by atoms with Crippen LogP contribution in [-0.2, 0) is 0 Å². The Morgan fingerprint density at radius 2 is 1.93 bits per heavy atom. The molecule has 5 nitrogen and oxygen atoms in total. The summed E-state index contributed by atoms with van der Waals surface area (Å²) in [7, 11) is 0. The number of aryl methyl sites for hydroxylation is 1. The molecular weight excluding hydrogens is 194 g/mol. The summed E-state index contributed by atoms with van der Waals surface area (Å²) in [5.41, 5.74) is 0.364. The summed E-state index contributed by atoms with van der Waals surface area (Å²) in [5, 5.41) is 0. The number of rotatable bonds is 1. The van der Waals surface area contributed by atoms with Crippen LogP contribution in [0.15, 0.2) is 40.3 Å². The second-order valence-electron chi connectivity index (χ2n) is 3.15. The van der Waals surface area contributed by atoms with Crippen molar-refractivity contribution in [2.75, 3.05) is 0 Å². The lowest BCUT2D eigenvalue weighted by atomic mass is 10.3. The second kappa shape index (κ2) is 3.53. The maximum atomic E-state index is 11.5. The summed E-state index contributed by atoms with van der Waals surface area (Å²) in [6, 6.07) is 3.39. The van der Waals surface area contributed by atoms with E-state index in [1.54, 1.807) is 31.5 Å². The van der Waals surface area contributed by atoms with E-state index >= 15 is 0 Å². The fourth-order valence-electron chi connectivity index (χ4n) is 1.26. The van der Waals surface area contributed by atoms with Gasteiger partial charge in [0, 0.05) is 24.2 Å². The first-order chi connectivity index (χ1) is 7.18. The zero-order chi connectivity index (χ0) is 10.8. The quantitative estimate of drug-likeness (QED) is 0.721. The Bertz CT molecular complexity index is 584. The van der Waals surface area contributed by atoms with Gasteiger partial charge in [-0.15, -0.1) is 0 Å². The van der Waals surface area contributed by atoms with Gasteiger partial charge in [0.1, 0.15) is 0 Å². The van der Waals surface area contributed by atoms with E-state index in [1.807, 2.05) is 0 Å². The maximum Gasteiger partial charge on any atom is 0.332 e. The third-order valence-corrected chi connectivity index (χ3v) is 2.06. The van der Waals surface area contributed by atoms with Crippen molar-refractivity contribution >= 4 is 0 Å². The third kappa shape index (κ3) is 1.71. The maximum absolute atomic E-state index is 11.5. The van der Waals surface area contributed by atoms with Crippen molar-refractivity contribution in [3.05, 3.63) is 57.1 Å². The molecule has 0 atom stereocenters. The highest BCUT2D eigenvalue weighted by Gasteiger charge is 2.01. The minimum absolute atomic E-state index is 0.356. The van der Waals surface area contributed by atoms with Crippen LogP contribution in [0.3, 0.4) is 0 Å². The highest BCUT2D eigenvalue weighted by atomic mass is 16.2. The predicted octanol–water partition coefficient (Wildman–Crippen LogP) is 0.229. The normalized spacial score (nSPS) is 10.2. The fraction of sp³-hybridized carbons (Fsp3) is 0.100. The summed E-state index contributed by atoms with van der Waals surface area (Å²) in [5.74, 6) is 0. The average Bonchev–Trinajstić information content (AvgIpc) is 2.25. The standard InChI is InChI=1S/C10H9N3O2/c1-7-6-13(10(15)12-9(7)14)8-2-4-11-5-3-8/h2-6H,1H3,(H,12,14,15). The number of H-pyrrole nitrogens is 1. The van der Waals surface area contributed by atoms with Crippen LogP contribution in [0.25, 0.3) is 5.69 Å². The van der Waals surface area contributed by atoms with Crippen LogP contribution < -0.4 is 11.2 Å². The smallest absolute Gasteiger partial charge is 0.273 e. The molecule has 76 valence electrons. The molecule has 0 saturated carbocycles. The van der Waals surface area contributed by atoms with Crippen LogP contribution in [0.5, 0.6) is 0 Å². The Morgan fingerprint density at radius 1 is 1.27 bits per heavy atom. The molecule has 0 aromatic carbocycles. The molecule has 0 radical (unpaired) electrons. The molecule has 0 aliphatic carbocycles. The average molecular weight is 203 g/mol. The van der Waals surface area contributed by atoms with Crippen molar-refractivity contribution in [1.82, 2.24) is 14.5 Å². The number of aromatic amines is 1. The number of aromatic nitrogens is 3. The Hall–Kier alpha value is -2.17. The molecule has 0 aliphatic heterocycles. The topological polar surface area (TPSA) is 67.8 Å². The first-order valence-corrected chi connectivity index (χ1v) is 4.41. The van der Waals surface area contributed by atoms with E-state index in [-0.39, 0.29) is 5.56 Å². The van der Waals surface area contributed by atoms with Gasteiger partial charge in [-0.2, -0.15) is 0 Å². The van der Waals surface area contributed by atoms with E-state index in [2.05, 4.69) is 9.97 Å². The molecule has 0 aliphatic rings. The minimum Gasteiger partial charge on any atom is -0.273 e. The molecule has 2 aromatic rings. The molecule has 5 heteroatoms. The van der Waals surface area contributed by atoms with Gasteiger partial charge in [0.15, 0.2) is 0 Å². The van der Waals surface area contributed by atoms with E-state index < -0.39 is 5.69 Å². The van der Waals surface area contributed by atoms with Crippen molar-refractivity contribution < 1.29 is 0 Å². The highest BCUT2D eigenvalue weighted by molar-refractivity contribution is 5.29. The number of nitrogens with one attached hydrogen (secondary N) is 1. The lowest BCUT2D eigenvalue weighted by Gasteiger charge is -2.04. The number of nitrogens with zero attached hydrogens (tertiary/aromatic N) is 2. The van der Waals surface area contributed by atoms with Gasteiger partial charge in [0.25, 0.3) is 5.56 Å². The summed E-state index contributed by atoms with van der Waals surface area (Å²) in [6.07, 6.45) is 4.68. The van der Waals surface area contributed by atoms with Gasteiger partial charge in [0.2, 0.25) is 0 Å². The van der Waals surface area contributed by atoms with Crippen molar-refractivity contribution in [2.45, 2.75) is 6.92 Å². The second-order valence-corrected chi connectivity index (χ2v) is 3.15. The molecule has 0 saturated heterocycles. The van der Waals surface area contributed by atoms with Gasteiger partial charge in [-0.25, -0.2) is 4.79 Å². The zero-order valence-electron chi connectivity index (χ0n) is 8.10. The van der Waals surface area contributed by atoms with Gasteiger partial charge < -0.3 is 0 Å². The Balaban J connectivity index is 2.70. The molecular formula is C10H9N3O2. The van der Waals surface area contributed by atoms with Gasteiger partial charge in [-0.3, -0.25) is 19.3 Å². The fourth-order valence-corrected chi connectivity index (χ4v) is 1.26. The largest absolute Gasteiger partial charge is 0.332 e. The lowest BCUT2D eigenvalue weighted by molar-refractivity contribution is 0.877. The van der Waals surface area contributed by atoms with E-state index in [9.17, 15) is 9.59 Å². The lowest BCUT2D eigenvalue weighted by Crippen LogP contribution is -2.29. The molecule has 15 heavy (non-hydrogen) atoms. The first kappa shape index (κ1) is 9.39. The third-order valence-electron chi connectivity index (χ3n) is 2.06. The van der Waals surface area contributed by atoms with Crippen LogP contribution in [0.2, 0.25) is 0 Å². The van der Waals surface area contributed by atoms with Crippen molar-refractivity contribution in [3.8, 4) is 5.69 Å². The molecule has 2 aromatic heterocycles. The molecule has 0 fully saturated rings. The van der Waals surface area contributed by atoms with E-state index in [4.69, 9.17) is 0 Å². The molecule has 1 N–H and O–H groups in total. The highest BCUT2D eigenvalue weighted by Crippen LogP contribution is 2.00. The van der Waals surface area contributed by atoms with Gasteiger partial charge >= 0.3 is 5.69 Å². The first-order valence-electron chi connectivity index (χ1n) is 4.41. The number of hydrogen-bond donors (Lipinski definition) is 1. The van der Waals surface area contributed by atoms with Crippen LogP contribution in [0, 0.1) is 6.92 Å². The summed E-state index contributed by atoms with van der Waals surface area (Å²) < 4.78 is 1.37. The zero-order valence-corrected chi connectivity index (χ0v) is 8.10. The van der Waals surface area contributed by atoms with Crippen LogP contribution >= 0.6 is 0 Å². The SMILES string of the molecule is Cc1cn(-c2ccncc2)c(=O)[nH]c1=O. The number of pyridine rings is 1. The predicted molar refractivity (Wildman–Crippen MR) is 55.2 cm³/mol. The number of hydrogen-bond acceptors (Lipinski definition) is 3. The molecule has 2 rings (SSSR count). The van der Waals surface area contributed by atoms with E-state index in [0.29, 0.717) is 11.3 Å². The van der Waals surface area contributed by atoms with Crippen LogP contribution in [0.4, 0.5) is 0 Å². The monoisotopic (exact) mass is 203 g/mol. The van der Waals surface area contributed by atoms with Crippen LogP contribution in [0.1, 0.15) is 5.56 Å². The molecule has 2 heterocycles. The molecule has 0 bridgehead atoms. The summed E-state index contributed by atoms with van der Waals surface area (Å²) >= 11 is 0. The summed E-state index contributed by atoms with van der Waals surface area (Å²) in [6.45, 7) is 1.65. The van der Waals surface area contributed by atoms with Gasteiger partial charge in [-0.05, 0) is 19.1 Å². The summed E-state index contributed by atoms with van der Waals surface area (Å²) in [4.78, 5) is 28.7. The van der Waals surface area contributed by atoms with Gasteiger partial charge in [0.05, 0.1) is 5.69 Å². The minimum atomic E-state index is -0.447. The van der Waals surface area contributed by atoms with E-state index in [0.717, 1.165) is 0 Å². The Morgan fingerprint density at radius 3 is 2.60 bits per heavy atom. The van der Waals surface area contributed by atoms with Crippen molar-refractivity contribution in [1.29, 1.82) is 0 Å². The van der Waals surface area contributed by atoms with Crippen LogP contribution in [-0.4, -0.2) is 14.5 Å².